The van der Waals surface area contributed by atoms with Crippen LogP contribution < -0.4 is 4.90 Å². The molecule has 2 aromatic rings. The third-order valence-corrected chi connectivity index (χ3v) is 4.11. The lowest BCUT2D eigenvalue weighted by atomic mass is 10.0. The lowest BCUT2D eigenvalue weighted by Gasteiger charge is -2.42. The van der Waals surface area contributed by atoms with E-state index in [0.717, 1.165) is 25.3 Å². The van der Waals surface area contributed by atoms with Crippen LogP contribution in [0.1, 0.15) is 22.0 Å². The zero-order valence-electron chi connectivity index (χ0n) is 12.5. The van der Waals surface area contributed by atoms with Crippen LogP contribution >= 0.6 is 0 Å². The first-order valence-electron chi connectivity index (χ1n) is 7.34. The highest BCUT2D eigenvalue weighted by Gasteiger charge is 2.29. The average Bonchev–Trinajstić information content (AvgIpc) is 2.55. The van der Waals surface area contributed by atoms with Gasteiger partial charge in [-0.3, -0.25) is 4.98 Å². The molecular formula is C17H19N3O2. The fourth-order valence-electron chi connectivity index (χ4n) is 2.97. The molecule has 1 aromatic heterocycles. The van der Waals surface area contributed by atoms with Crippen molar-refractivity contribution in [2.75, 3.05) is 31.6 Å². The van der Waals surface area contributed by atoms with Gasteiger partial charge < -0.3 is 14.9 Å². The van der Waals surface area contributed by atoms with Gasteiger partial charge in [-0.1, -0.05) is 30.3 Å². The predicted octanol–water partition coefficient (Wildman–Crippen LogP) is 2.27. The second kappa shape index (κ2) is 6.15. The van der Waals surface area contributed by atoms with Crippen LogP contribution in [0.3, 0.4) is 0 Å². The topological polar surface area (TPSA) is 56.7 Å². The number of likely N-dealkylation sites (N-methyl/N-ethyl adjacent to an activating group) is 1. The molecule has 1 fully saturated rings. The quantitative estimate of drug-likeness (QED) is 0.942. The highest BCUT2D eigenvalue weighted by atomic mass is 16.4. The summed E-state index contributed by atoms with van der Waals surface area (Å²) in [5.41, 5.74) is 2.19. The second-order valence-corrected chi connectivity index (χ2v) is 5.58. The molecule has 0 radical (unpaired) electrons. The Balaban J connectivity index is 2.02. The van der Waals surface area contributed by atoms with Crippen molar-refractivity contribution in [2.24, 2.45) is 0 Å². The SMILES string of the molecule is CN1CCN(c2ccncc2C(=O)O)C(c2ccccc2)C1. The van der Waals surface area contributed by atoms with E-state index in [9.17, 15) is 9.90 Å². The first-order chi connectivity index (χ1) is 10.7. The van der Waals surface area contributed by atoms with Gasteiger partial charge >= 0.3 is 5.97 Å². The summed E-state index contributed by atoms with van der Waals surface area (Å²) >= 11 is 0. The number of rotatable bonds is 3. The van der Waals surface area contributed by atoms with Crippen LogP contribution in [0.2, 0.25) is 0 Å². The summed E-state index contributed by atoms with van der Waals surface area (Å²) in [5, 5.41) is 9.43. The summed E-state index contributed by atoms with van der Waals surface area (Å²) in [4.78, 5) is 19.9. The first-order valence-corrected chi connectivity index (χ1v) is 7.34. The molecule has 1 N–H and O–H groups in total. The van der Waals surface area contributed by atoms with Crippen molar-refractivity contribution in [1.29, 1.82) is 0 Å². The summed E-state index contributed by atoms with van der Waals surface area (Å²) in [6.45, 7) is 2.57. The third kappa shape index (κ3) is 2.80. The molecule has 0 saturated carbocycles. The molecule has 0 spiro atoms. The molecule has 0 aliphatic carbocycles. The van der Waals surface area contributed by atoms with Crippen LogP contribution in [0.15, 0.2) is 48.8 Å². The maximum atomic E-state index is 11.5. The molecule has 1 atom stereocenters. The zero-order valence-corrected chi connectivity index (χ0v) is 12.5. The van der Waals surface area contributed by atoms with Crippen molar-refractivity contribution in [3.05, 3.63) is 59.9 Å². The fraction of sp³-hybridized carbons (Fsp3) is 0.294. The summed E-state index contributed by atoms with van der Waals surface area (Å²) in [6, 6.07) is 12.2. The number of aromatic nitrogens is 1. The second-order valence-electron chi connectivity index (χ2n) is 5.58. The number of carboxylic acids is 1. The maximum Gasteiger partial charge on any atom is 0.339 e. The highest BCUT2D eigenvalue weighted by Crippen LogP contribution is 2.32. The maximum absolute atomic E-state index is 11.5. The van der Waals surface area contributed by atoms with E-state index in [-0.39, 0.29) is 11.6 Å². The highest BCUT2D eigenvalue weighted by molar-refractivity contribution is 5.94. The Morgan fingerprint density at radius 1 is 1.23 bits per heavy atom. The molecule has 1 aliphatic rings. The molecule has 22 heavy (non-hydrogen) atoms. The van der Waals surface area contributed by atoms with Gasteiger partial charge in [-0.2, -0.15) is 0 Å². The number of piperazine rings is 1. The lowest BCUT2D eigenvalue weighted by Crippen LogP contribution is -2.47. The standard InChI is InChI=1S/C17H19N3O2/c1-19-9-10-20(15-7-8-18-11-14(15)17(21)22)16(12-19)13-5-3-2-4-6-13/h2-8,11,16H,9-10,12H2,1H3,(H,21,22). The Morgan fingerprint density at radius 3 is 2.73 bits per heavy atom. The number of hydrogen-bond donors (Lipinski definition) is 1. The number of aromatic carboxylic acids is 1. The molecule has 0 amide bonds. The van der Waals surface area contributed by atoms with Crippen LogP contribution in [0.4, 0.5) is 5.69 Å². The molecule has 2 heterocycles. The number of anilines is 1. The Labute approximate surface area is 129 Å². The summed E-state index contributed by atoms with van der Waals surface area (Å²) in [7, 11) is 2.10. The van der Waals surface area contributed by atoms with Crippen LogP contribution in [0.5, 0.6) is 0 Å². The Morgan fingerprint density at radius 2 is 2.00 bits per heavy atom. The van der Waals surface area contributed by atoms with Gasteiger partial charge in [-0.25, -0.2) is 4.79 Å². The van der Waals surface area contributed by atoms with E-state index in [1.54, 1.807) is 12.3 Å². The number of carboxylic acid groups (broad SMARTS) is 1. The number of pyridine rings is 1. The Bertz CT molecular complexity index is 660. The van der Waals surface area contributed by atoms with Gasteiger partial charge in [-0.05, 0) is 18.7 Å². The van der Waals surface area contributed by atoms with Gasteiger partial charge in [0.1, 0.15) is 5.56 Å². The largest absolute Gasteiger partial charge is 0.478 e. The van der Waals surface area contributed by atoms with Crippen LogP contribution in [0.25, 0.3) is 0 Å². The number of carbonyl (C=O) groups is 1. The van der Waals surface area contributed by atoms with E-state index < -0.39 is 5.97 Å². The predicted molar refractivity (Wildman–Crippen MR) is 85.2 cm³/mol. The van der Waals surface area contributed by atoms with Crippen molar-refractivity contribution < 1.29 is 9.90 Å². The molecule has 1 saturated heterocycles. The van der Waals surface area contributed by atoms with E-state index in [2.05, 4.69) is 34.0 Å². The minimum absolute atomic E-state index is 0.139. The van der Waals surface area contributed by atoms with Gasteiger partial charge in [0.25, 0.3) is 0 Å². The minimum Gasteiger partial charge on any atom is -0.478 e. The molecule has 114 valence electrons. The summed E-state index contributed by atoms with van der Waals surface area (Å²) in [5.74, 6) is -0.936. The van der Waals surface area contributed by atoms with Crippen molar-refractivity contribution in [2.45, 2.75) is 6.04 Å². The van der Waals surface area contributed by atoms with Gasteiger partial charge in [0.2, 0.25) is 0 Å². The van der Waals surface area contributed by atoms with Crippen molar-refractivity contribution >= 4 is 11.7 Å². The van der Waals surface area contributed by atoms with Gasteiger partial charge in [0.15, 0.2) is 0 Å². The lowest BCUT2D eigenvalue weighted by molar-refractivity contribution is 0.0696. The van der Waals surface area contributed by atoms with E-state index in [1.165, 1.54) is 11.8 Å². The third-order valence-electron chi connectivity index (χ3n) is 4.11. The smallest absolute Gasteiger partial charge is 0.339 e. The normalized spacial score (nSPS) is 19.1. The number of hydrogen-bond acceptors (Lipinski definition) is 4. The zero-order chi connectivity index (χ0) is 15.5. The van der Waals surface area contributed by atoms with E-state index in [1.807, 2.05) is 18.2 Å². The van der Waals surface area contributed by atoms with Crippen LogP contribution in [-0.2, 0) is 0 Å². The Hall–Kier alpha value is -2.40. The van der Waals surface area contributed by atoms with Crippen molar-refractivity contribution in [3.63, 3.8) is 0 Å². The molecule has 1 unspecified atom stereocenters. The van der Waals surface area contributed by atoms with Gasteiger partial charge in [0.05, 0.1) is 11.7 Å². The molecule has 5 nitrogen and oxygen atoms in total. The first kappa shape index (κ1) is 14.5. The molecule has 0 bridgehead atoms. The minimum atomic E-state index is -0.936. The summed E-state index contributed by atoms with van der Waals surface area (Å²) in [6.07, 6.45) is 3.08. The van der Waals surface area contributed by atoms with E-state index in [4.69, 9.17) is 0 Å². The number of nitrogens with zero attached hydrogens (tertiary/aromatic N) is 3. The van der Waals surface area contributed by atoms with Gasteiger partial charge in [0, 0.05) is 32.0 Å². The van der Waals surface area contributed by atoms with Crippen LogP contribution in [-0.4, -0.2) is 47.6 Å². The Kier molecular flexibility index (Phi) is 4.06. The monoisotopic (exact) mass is 297 g/mol. The average molecular weight is 297 g/mol. The van der Waals surface area contributed by atoms with E-state index in [0.29, 0.717) is 0 Å². The van der Waals surface area contributed by atoms with E-state index >= 15 is 0 Å². The molecule has 1 aliphatic heterocycles. The van der Waals surface area contributed by atoms with Crippen molar-refractivity contribution in [3.8, 4) is 0 Å². The van der Waals surface area contributed by atoms with Crippen molar-refractivity contribution in [1.82, 2.24) is 9.88 Å². The van der Waals surface area contributed by atoms with Gasteiger partial charge in [-0.15, -0.1) is 0 Å². The molecular weight excluding hydrogens is 278 g/mol. The number of benzene rings is 1. The summed E-state index contributed by atoms with van der Waals surface area (Å²) < 4.78 is 0. The fourth-order valence-corrected chi connectivity index (χ4v) is 2.97. The molecule has 1 aromatic carbocycles. The van der Waals surface area contributed by atoms with Crippen LogP contribution in [0, 0.1) is 0 Å². The molecule has 5 heteroatoms. The molecule has 3 rings (SSSR count).